The molecular formula is C10H9FN2O2. The van der Waals surface area contributed by atoms with E-state index in [0.29, 0.717) is 36.2 Å². The van der Waals surface area contributed by atoms with E-state index in [2.05, 4.69) is 10.6 Å². The molecule has 0 aliphatic carbocycles. The van der Waals surface area contributed by atoms with Gasteiger partial charge in [0.15, 0.2) is 0 Å². The Balaban J connectivity index is 2.49. The summed E-state index contributed by atoms with van der Waals surface area (Å²) in [6.07, 6.45) is 1.29. The van der Waals surface area contributed by atoms with E-state index < -0.39 is 5.82 Å². The molecule has 2 rings (SSSR count). The number of aryl methyl sites for hydroxylation is 1. The van der Waals surface area contributed by atoms with Crippen molar-refractivity contribution in [1.82, 2.24) is 0 Å². The Morgan fingerprint density at radius 1 is 1.40 bits per heavy atom. The van der Waals surface area contributed by atoms with E-state index in [1.54, 1.807) is 0 Å². The molecule has 1 aromatic rings. The molecule has 1 aliphatic rings. The zero-order valence-corrected chi connectivity index (χ0v) is 7.84. The SMILES string of the molecule is O=CNc1cc(F)cc2c1NC(=O)CC2. The van der Waals surface area contributed by atoms with Crippen LogP contribution in [0.25, 0.3) is 0 Å². The van der Waals surface area contributed by atoms with Crippen molar-refractivity contribution in [3.05, 3.63) is 23.5 Å². The number of fused-ring (bicyclic) bond motifs is 1. The minimum absolute atomic E-state index is 0.122. The van der Waals surface area contributed by atoms with Gasteiger partial charge < -0.3 is 10.6 Å². The van der Waals surface area contributed by atoms with E-state index in [0.717, 1.165) is 0 Å². The molecule has 0 unspecified atom stereocenters. The molecule has 4 nitrogen and oxygen atoms in total. The minimum atomic E-state index is -0.422. The summed E-state index contributed by atoms with van der Waals surface area (Å²) < 4.78 is 13.1. The van der Waals surface area contributed by atoms with Crippen LogP contribution in [0.2, 0.25) is 0 Å². The monoisotopic (exact) mass is 208 g/mol. The molecule has 0 aromatic heterocycles. The van der Waals surface area contributed by atoms with Crippen molar-refractivity contribution in [1.29, 1.82) is 0 Å². The third-order valence-electron chi connectivity index (χ3n) is 2.29. The van der Waals surface area contributed by atoms with Crippen molar-refractivity contribution in [3.63, 3.8) is 0 Å². The van der Waals surface area contributed by atoms with E-state index in [4.69, 9.17) is 0 Å². The van der Waals surface area contributed by atoms with Crippen LogP contribution in [-0.4, -0.2) is 12.3 Å². The summed E-state index contributed by atoms with van der Waals surface area (Å²) in [5.41, 5.74) is 1.51. The maximum Gasteiger partial charge on any atom is 0.224 e. The Morgan fingerprint density at radius 2 is 2.20 bits per heavy atom. The summed E-state index contributed by atoms with van der Waals surface area (Å²) in [5.74, 6) is -0.544. The van der Waals surface area contributed by atoms with Crippen molar-refractivity contribution in [2.75, 3.05) is 10.6 Å². The van der Waals surface area contributed by atoms with Gasteiger partial charge in [-0.15, -0.1) is 0 Å². The number of anilines is 2. The third kappa shape index (κ3) is 1.81. The quantitative estimate of drug-likeness (QED) is 0.719. The fourth-order valence-corrected chi connectivity index (χ4v) is 1.64. The highest BCUT2D eigenvalue weighted by Crippen LogP contribution is 2.31. The largest absolute Gasteiger partial charge is 0.327 e. The van der Waals surface area contributed by atoms with Gasteiger partial charge in [-0.25, -0.2) is 4.39 Å². The number of halogens is 1. The number of hydrogen-bond acceptors (Lipinski definition) is 2. The summed E-state index contributed by atoms with van der Waals surface area (Å²) in [6.45, 7) is 0. The molecule has 78 valence electrons. The highest BCUT2D eigenvalue weighted by molar-refractivity contribution is 5.99. The van der Waals surface area contributed by atoms with Crippen molar-refractivity contribution < 1.29 is 14.0 Å². The molecule has 0 bridgehead atoms. The maximum absolute atomic E-state index is 13.1. The van der Waals surface area contributed by atoms with Crippen LogP contribution in [0.4, 0.5) is 15.8 Å². The van der Waals surface area contributed by atoms with E-state index >= 15 is 0 Å². The van der Waals surface area contributed by atoms with Gasteiger partial charge in [-0.3, -0.25) is 9.59 Å². The van der Waals surface area contributed by atoms with Gasteiger partial charge in [-0.1, -0.05) is 0 Å². The van der Waals surface area contributed by atoms with Crippen molar-refractivity contribution in [2.45, 2.75) is 12.8 Å². The fourth-order valence-electron chi connectivity index (χ4n) is 1.64. The number of carbonyl (C=O) groups excluding carboxylic acids is 2. The Bertz CT molecular complexity index is 432. The average Bonchev–Trinajstić information content (AvgIpc) is 2.19. The van der Waals surface area contributed by atoms with Crippen molar-refractivity contribution in [3.8, 4) is 0 Å². The van der Waals surface area contributed by atoms with Gasteiger partial charge in [0, 0.05) is 6.42 Å². The molecule has 5 heteroatoms. The van der Waals surface area contributed by atoms with Gasteiger partial charge in [-0.05, 0) is 24.1 Å². The number of carbonyl (C=O) groups is 2. The van der Waals surface area contributed by atoms with Crippen LogP contribution in [-0.2, 0) is 16.0 Å². The summed E-state index contributed by atoms with van der Waals surface area (Å²) in [7, 11) is 0. The molecule has 0 saturated carbocycles. The topological polar surface area (TPSA) is 58.2 Å². The first kappa shape index (κ1) is 9.64. The molecule has 0 saturated heterocycles. The van der Waals surface area contributed by atoms with E-state index in [-0.39, 0.29) is 5.91 Å². The number of nitrogens with one attached hydrogen (secondary N) is 2. The molecule has 0 radical (unpaired) electrons. The summed E-state index contributed by atoms with van der Waals surface area (Å²) in [5, 5.41) is 4.98. The van der Waals surface area contributed by atoms with Gasteiger partial charge in [0.1, 0.15) is 5.82 Å². The van der Waals surface area contributed by atoms with Crippen LogP contribution in [0.1, 0.15) is 12.0 Å². The molecule has 0 fully saturated rings. The molecule has 1 aliphatic heterocycles. The lowest BCUT2D eigenvalue weighted by Crippen LogP contribution is -2.20. The fraction of sp³-hybridized carbons (Fsp3) is 0.200. The predicted octanol–water partition coefficient (Wildman–Crippen LogP) is 1.28. The summed E-state index contributed by atoms with van der Waals surface area (Å²) >= 11 is 0. The molecule has 1 aromatic carbocycles. The van der Waals surface area contributed by atoms with Gasteiger partial charge >= 0.3 is 0 Å². The molecule has 15 heavy (non-hydrogen) atoms. The normalized spacial score (nSPS) is 14.1. The van der Waals surface area contributed by atoms with Crippen LogP contribution < -0.4 is 10.6 Å². The van der Waals surface area contributed by atoms with Crippen LogP contribution >= 0.6 is 0 Å². The van der Waals surface area contributed by atoms with Crippen LogP contribution in [0, 0.1) is 5.82 Å². The molecule has 2 N–H and O–H groups in total. The first-order valence-corrected chi connectivity index (χ1v) is 4.53. The average molecular weight is 208 g/mol. The second-order valence-electron chi connectivity index (χ2n) is 3.30. The van der Waals surface area contributed by atoms with Crippen molar-refractivity contribution in [2.24, 2.45) is 0 Å². The van der Waals surface area contributed by atoms with Gasteiger partial charge in [-0.2, -0.15) is 0 Å². The number of rotatable bonds is 2. The third-order valence-corrected chi connectivity index (χ3v) is 2.29. The van der Waals surface area contributed by atoms with Crippen LogP contribution in [0.5, 0.6) is 0 Å². The van der Waals surface area contributed by atoms with E-state index in [9.17, 15) is 14.0 Å². The Labute approximate surface area is 85.5 Å². The number of hydrogen-bond donors (Lipinski definition) is 2. The smallest absolute Gasteiger partial charge is 0.224 e. The summed E-state index contributed by atoms with van der Waals surface area (Å²) in [4.78, 5) is 21.5. The first-order valence-electron chi connectivity index (χ1n) is 4.53. The first-order chi connectivity index (χ1) is 7.20. The maximum atomic E-state index is 13.1. The van der Waals surface area contributed by atoms with Gasteiger partial charge in [0.25, 0.3) is 0 Å². The van der Waals surface area contributed by atoms with Gasteiger partial charge in [0.2, 0.25) is 12.3 Å². The number of benzene rings is 1. The zero-order chi connectivity index (χ0) is 10.8. The Kier molecular flexibility index (Phi) is 2.37. The lowest BCUT2D eigenvalue weighted by Gasteiger charge is -2.19. The zero-order valence-electron chi connectivity index (χ0n) is 7.84. The molecule has 1 heterocycles. The van der Waals surface area contributed by atoms with E-state index in [1.165, 1.54) is 12.1 Å². The Morgan fingerprint density at radius 3 is 2.93 bits per heavy atom. The molecule has 0 atom stereocenters. The highest BCUT2D eigenvalue weighted by atomic mass is 19.1. The Hall–Kier alpha value is -1.91. The van der Waals surface area contributed by atoms with E-state index in [1.807, 2.05) is 0 Å². The lowest BCUT2D eigenvalue weighted by atomic mass is 10.0. The summed E-state index contributed by atoms with van der Waals surface area (Å²) in [6, 6.07) is 2.55. The second-order valence-corrected chi connectivity index (χ2v) is 3.30. The van der Waals surface area contributed by atoms with Crippen LogP contribution in [0.3, 0.4) is 0 Å². The van der Waals surface area contributed by atoms with Crippen LogP contribution in [0.15, 0.2) is 12.1 Å². The minimum Gasteiger partial charge on any atom is -0.327 e. The number of amides is 2. The predicted molar refractivity (Wildman–Crippen MR) is 53.0 cm³/mol. The standard InChI is InChI=1S/C10H9FN2O2/c11-7-3-6-1-2-9(15)13-10(6)8(4-7)12-5-14/h3-5H,1-2H2,(H,12,14)(H,13,15). The second kappa shape index (κ2) is 3.68. The highest BCUT2D eigenvalue weighted by Gasteiger charge is 2.18. The van der Waals surface area contributed by atoms with Gasteiger partial charge in [0.05, 0.1) is 11.4 Å². The van der Waals surface area contributed by atoms with Crippen molar-refractivity contribution >= 4 is 23.7 Å². The molecule has 0 spiro atoms. The molecule has 2 amide bonds. The molecular weight excluding hydrogens is 199 g/mol. The lowest BCUT2D eigenvalue weighted by molar-refractivity contribution is -0.116.